The van der Waals surface area contributed by atoms with E-state index in [0.717, 1.165) is 20.9 Å². The Bertz CT molecular complexity index is 1920. The van der Waals surface area contributed by atoms with Crippen molar-refractivity contribution in [2.24, 2.45) is 0 Å². The van der Waals surface area contributed by atoms with E-state index in [-0.39, 0.29) is 22.3 Å². The summed E-state index contributed by atoms with van der Waals surface area (Å²) in [6.07, 6.45) is 0. The highest BCUT2D eigenvalue weighted by Crippen LogP contribution is 2.36. The number of carboxylic acid groups (broad SMARTS) is 2. The standard InChI is InChI=1S/C37H30N2O10/c1-19(35(44)45)38-31(40)27-15-13-25(17-29(27)33(38)42)48-23-9-5-21(6-10-23)37(3,4)22-7-11-24(12-8-22)49-26-14-16-28-30(18-26)34(43)39(32(28)41)20(2)36(46)47/h5-20H,1-4H3,(H,44,45)(H,46,47). The molecular formula is C37H30N2O10. The number of rotatable bonds is 10. The summed E-state index contributed by atoms with van der Waals surface area (Å²) in [5, 5.41) is 18.6. The highest BCUT2D eigenvalue weighted by molar-refractivity contribution is 6.23. The summed E-state index contributed by atoms with van der Waals surface area (Å²) in [5.74, 6) is -3.64. The second-order valence-electron chi connectivity index (χ2n) is 12.3. The summed E-state index contributed by atoms with van der Waals surface area (Å²) >= 11 is 0. The molecule has 0 saturated carbocycles. The summed E-state index contributed by atoms with van der Waals surface area (Å²) in [6, 6.07) is 21.0. The molecule has 4 aromatic rings. The number of carboxylic acids is 2. The van der Waals surface area contributed by atoms with Crippen LogP contribution in [-0.4, -0.2) is 67.7 Å². The van der Waals surface area contributed by atoms with E-state index in [1.165, 1.54) is 38.1 Å². The van der Waals surface area contributed by atoms with Gasteiger partial charge >= 0.3 is 11.9 Å². The summed E-state index contributed by atoms with van der Waals surface area (Å²) < 4.78 is 11.9. The number of hydrogen-bond donors (Lipinski definition) is 2. The Morgan fingerprint density at radius 1 is 0.531 bits per heavy atom. The molecule has 0 saturated heterocycles. The molecule has 2 aliphatic heterocycles. The van der Waals surface area contributed by atoms with E-state index >= 15 is 0 Å². The lowest BCUT2D eigenvalue weighted by Crippen LogP contribution is -2.42. The molecule has 2 atom stereocenters. The number of benzene rings is 4. The number of aliphatic carboxylic acids is 2. The van der Waals surface area contributed by atoms with Crippen molar-refractivity contribution in [3.05, 3.63) is 118 Å². The van der Waals surface area contributed by atoms with Gasteiger partial charge in [0.2, 0.25) is 0 Å². The Labute approximate surface area is 280 Å². The third-order valence-corrected chi connectivity index (χ3v) is 8.89. The molecule has 6 rings (SSSR count). The Kier molecular flexibility index (Phi) is 8.03. The minimum Gasteiger partial charge on any atom is -0.480 e. The topological polar surface area (TPSA) is 168 Å². The number of carbonyl (C=O) groups is 6. The summed E-state index contributed by atoms with van der Waals surface area (Å²) in [5.41, 5.74) is 1.92. The normalized spacial score (nSPS) is 15.2. The third kappa shape index (κ3) is 5.67. The molecule has 2 aliphatic rings. The van der Waals surface area contributed by atoms with Crippen molar-refractivity contribution in [2.75, 3.05) is 0 Å². The first-order valence-electron chi connectivity index (χ1n) is 15.3. The zero-order valence-electron chi connectivity index (χ0n) is 26.8. The maximum atomic E-state index is 12.8. The van der Waals surface area contributed by atoms with Crippen molar-refractivity contribution < 1.29 is 48.5 Å². The summed E-state index contributed by atoms with van der Waals surface area (Å²) in [4.78, 5) is 75.1. The average molecular weight is 663 g/mol. The quantitative estimate of drug-likeness (QED) is 0.200. The van der Waals surface area contributed by atoms with E-state index in [4.69, 9.17) is 9.47 Å². The molecule has 12 nitrogen and oxygen atoms in total. The van der Waals surface area contributed by atoms with Gasteiger partial charge in [-0.2, -0.15) is 0 Å². The predicted octanol–water partition coefficient (Wildman–Crippen LogP) is 5.74. The fourth-order valence-corrected chi connectivity index (χ4v) is 5.85. The van der Waals surface area contributed by atoms with Gasteiger partial charge in [0.1, 0.15) is 35.1 Å². The number of amides is 4. The fraction of sp³-hybridized carbons (Fsp3) is 0.189. The zero-order chi connectivity index (χ0) is 35.4. The Morgan fingerprint density at radius 2 is 0.837 bits per heavy atom. The van der Waals surface area contributed by atoms with E-state index in [9.17, 15) is 39.0 Å². The molecule has 2 heterocycles. The summed E-state index contributed by atoms with van der Waals surface area (Å²) in [6.45, 7) is 6.66. The van der Waals surface area contributed by atoms with E-state index in [1.54, 1.807) is 36.4 Å². The minimum absolute atomic E-state index is 0.0811. The monoisotopic (exact) mass is 662 g/mol. The molecule has 0 radical (unpaired) electrons. The van der Waals surface area contributed by atoms with Gasteiger partial charge in [-0.05, 0) is 85.6 Å². The van der Waals surface area contributed by atoms with E-state index in [0.29, 0.717) is 23.0 Å². The molecular weight excluding hydrogens is 632 g/mol. The summed E-state index contributed by atoms with van der Waals surface area (Å²) in [7, 11) is 0. The molecule has 49 heavy (non-hydrogen) atoms. The minimum atomic E-state index is -1.30. The van der Waals surface area contributed by atoms with Crippen molar-refractivity contribution >= 4 is 35.6 Å². The van der Waals surface area contributed by atoms with Crippen LogP contribution in [0.5, 0.6) is 23.0 Å². The van der Waals surface area contributed by atoms with Gasteiger partial charge in [-0.1, -0.05) is 38.1 Å². The molecule has 248 valence electrons. The second kappa shape index (κ2) is 12.1. The first-order chi connectivity index (χ1) is 23.2. The number of fused-ring (bicyclic) bond motifs is 2. The first-order valence-corrected chi connectivity index (χ1v) is 15.3. The molecule has 0 aromatic heterocycles. The van der Waals surface area contributed by atoms with Gasteiger partial charge in [-0.15, -0.1) is 0 Å². The highest BCUT2D eigenvalue weighted by Gasteiger charge is 2.42. The SMILES string of the molecule is CC(C(=O)O)N1C(=O)c2ccc(Oc3ccc(C(C)(C)c4ccc(Oc5ccc6c(c5)C(=O)N(C(C)C(=O)O)C6=O)cc4)cc3)cc2C1=O. The van der Waals surface area contributed by atoms with Gasteiger partial charge in [-0.3, -0.25) is 29.0 Å². The lowest BCUT2D eigenvalue weighted by molar-refractivity contribution is -0.141. The molecule has 0 fully saturated rings. The molecule has 4 aromatic carbocycles. The lowest BCUT2D eigenvalue weighted by atomic mass is 9.78. The van der Waals surface area contributed by atoms with Crippen molar-refractivity contribution in [1.82, 2.24) is 9.80 Å². The fourth-order valence-electron chi connectivity index (χ4n) is 5.85. The molecule has 0 aliphatic carbocycles. The van der Waals surface area contributed by atoms with Gasteiger partial charge in [0, 0.05) is 5.41 Å². The van der Waals surface area contributed by atoms with Crippen molar-refractivity contribution in [1.29, 1.82) is 0 Å². The molecule has 4 amide bonds. The van der Waals surface area contributed by atoms with Crippen LogP contribution in [0.1, 0.15) is 80.3 Å². The molecule has 2 unspecified atom stereocenters. The van der Waals surface area contributed by atoms with Crippen molar-refractivity contribution in [3.8, 4) is 23.0 Å². The van der Waals surface area contributed by atoms with Crippen LogP contribution >= 0.6 is 0 Å². The highest BCUT2D eigenvalue weighted by atomic mass is 16.5. The zero-order valence-corrected chi connectivity index (χ0v) is 26.8. The molecule has 2 N–H and O–H groups in total. The maximum Gasteiger partial charge on any atom is 0.326 e. The molecule has 0 bridgehead atoms. The van der Waals surface area contributed by atoms with E-state index < -0.39 is 53.1 Å². The largest absolute Gasteiger partial charge is 0.480 e. The maximum absolute atomic E-state index is 12.8. The predicted molar refractivity (Wildman–Crippen MR) is 173 cm³/mol. The van der Waals surface area contributed by atoms with Gasteiger partial charge < -0.3 is 19.7 Å². The van der Waals surface area contributed by atoms with Gasteiger partial charge in [0.25, 0.3) is 23.6 Å². The van der Waals surface area contributed by atoms with Crippen LogP contribution in [0.3, 0.4) is 0 Å². The number of nitrogens with zero attached hydrogens (tertiary/aromatic N) is 2. The number of hydrogen-bond acceptors (Lipinski definition) is 8. The molecule has 0 spiro atoms. The van der Waals surface area contributed by atoms with Gasteiger partial charge in [0.15, 0.2) is 0 Å². The van der Waals surface area contributed by atoms with Crippen LogP contribution < -0.4 is 9.47 Å². The van der Waals surface area contributed by atoms with Crippen LogP contribution in [0.25, 0.3) is 0 Å². The van der Waals surface area contributed by atoms with E-state index in [1.807, 2.05) is 24.3 Å². The van der Waals surface area contributed by atoms with Crippen molar-refractivity contribution in [2.45, 2.75) is 45.2 Å². The first kappa shape index (κ1) is 32.6. The lowest BCUT2D eigenvalue weighted by Gasteiger charge is -2.26. The van der Waals surface area contributed by atoms with Crippen LogP contribution in [0.2, 0.25) is 0 Å². The Morgan fingerprint density at radius 3 is 1.16 bits per heavy atom. The Balaban J connectivity index is 1.13. The number of ether oxygens (including phenoxy) is 2. The smallest absolute Gasteiger partial charge is 0.326 e. The number of carbonyl (C=O) groups excluding carboxylic acids is 4. The second-order valence-corrected chi connectivity index (χ2v) is 12.3. The van der Waals surface area contributed by atoms with Crippen LogP contribution in [0.15, 0.2) is 84.9 Å². The Hall–Kier alpha value is -6.30. The van der Waals surface area contributed by atoms with Crippen LogP contribution in [-0.2, 0) is 15.0 Å². The van der Waals surface area contributed by atoms with Crippen LogP contribution in [0, 0.1) is 0 Å². The van der Waals surface area contributed by atoms with E-state index in [2.05, 4.69) is 13.8 Å². The van der Waals surface area contributed by atoms with Crippen LogP contribution in [0.4, 0.5) is 0 Å². The van der Waals surface area contributed by atoms with Crippen molar-refractivity contribution in [3.63, 3.8) is 0 Å². The molecule has 12 heteroatoms. The third-order valence-electron chi connectivity index (χ3n) is 8.89. The van der Waals surface area contributed by atoms with Gasteiger partial charge in [-0.25, -0.2) is 9.59 Å². The average Bonchev–Trinajstić information content (AvgIpc) is 3.47. The number of imide groups is 2. The van der Waals surface area contributed by atoms with Gasteiger partial charge in [0.05, 0.1) is 22.3 Å².